The van der Waals surface area contributed by atoms with E-state index in [-0.39, 0.29) is 34.2 Å². The van der Waals surface area contributed by atoms with Crippen LogP contribution in [0.2, 0.25) is 0 Å². The Morgan fingerprint density at radius 3 is 2.44 bits per heavy atom. The fraction of sp³-hybridized carbons (Fsp3) is 0.240. The molecule has 0 aliphatic carbocycles. The van der Waals surface area contributed by atoms with Gasteiger partial charge in [-0.15, -0.1) is 0 Å². The molecule has 0 fully saturated rings. The normalized spacial score (nSPS) is 11.2. The van der Waals surface area contributed by atoms with Crippen LogP contribution in [0.4, 0.5) is 14.5 Å². The first-order valence-corrected chi connectivity index (χ1v) is 12.7. The fourth-order valence-corrected chi connectivity index (χ4v) is 4.13. The lowest BCUT2D eigenvalue weighted by atomic mass is 10.0. The molecule has 2 N–H and O–H groups in total. The fourth-order valence-electron chi connectivity index (χ4n) is 3.27. The van der Waals surface area contributed by atoms with Gasteiger partial charge in [0.25, 0.3) is 5.91 Å². The van der Waals surface area contributed by atoms with Crippen LogP contribution in [-0.4, -0.2) is 28.3 Å². The van der Waals surface area contributed by atoms with Crippen molar-refractivity contribution in [2.45, 2.75) is 31.4 Å². The lowest BCUT2D eigenvalue weighted by Crippen LogP contribution is -2.25. The highest BCUT2D eigenvalue weighted by atomic mass is 32.1. The minimum absolute atomic E-state index is 0.134. The molecule has 0 saturated heterocycles. The topological polar surface area (TPSA) is 114 Å². The van der Waals surface area contributed by atoms with Crippen LogP contribution in [0, 0.1) is 15.9 Å². The van der Waals surface area contributed by atoms with E-state index < -0.39 is 4.92 Å². The number of amides is 2. The highest BCUT2D eigenvalue weighted by molar-refractivity contribution is 7.79. The summed E-state index contributed by atoms with van der Waals surface area (Å²) in [5.41, 5.74) is 2.92. The highest BCUT2D eigenvalue weighted by Gasteiger charge is 2.14. The van der Waals surface area contributed by atoms with Crippen LogP contribution in [0.15, 0.2) is 54.7 Å². The average Bonchev–Trinajstić information content (AvgIpc) is 3.34. The number of nitrogens with one attached hydrogen (secondary N) is 2. The number of anilines is 1. The van der Waals surface area contributed by atoms with Crippen molar-refractivity contribution >= 4 is 57.6 Å². The smallest absolute Gasteiger partial charge is 0.345 e. The molecule has 0 bridgehead atoms. The standard InChI is InChI=1S/C25H25FN4O4S2/c26-20-11-9-19(10-12-20)21(14-17-5-7-18(16-35)8-6-17)24(32)27-13-3-1-2-4-22(31)29-25-28-15-23(36-25)30(33)34/h5-12,14-15,35H,1-4,13,16H2,(H,27,32)(H,28,29,31). The third-order valence-corrected chi connectivity index (χ3v) is 6.39. The van der Waals surface area contributed by atoms with Crippen molar-refractivity contribution in [2.24, 2.45) is 0 Å². The molecule has 36 heavy (non-hydrogen) atoms. The molecule has 1 heterocycles. The Balaban J connectivity index is 1.49. The van der Waals surface area contributed by atoms with Gasteiger partial charge in [-0.1, -0.05) is 42.8 Å². The molecule has 8 nitrogen and oxygen atoms in total. The lowest BCUT2D eigenvalue weighted by Gasteiger charge is -2.10. The van der Waals surface area contributed by atoms with E-state index in [1.54, 1.807) is 18.2 Å². The minimum Gasteiger partial charge on any atom is -0.352 e. The van der Waals surface area contributed by atoms with E-state index in [2.05, 4.69) is 28.2 Å². The van der Waals surface area contributed by atoms with E-state index in [1.807, 2.05) is 24.3 Å². The van der Waals surface area contributed by atoms with Gasteiger partial charge in [-0.25, -0.2) is 9.37 Å². The Hall–Kier alpha value is -3.57. The number of hydrogen-bond acceptors (Lipinski definition) is 7. The van der Waals surface area contributed by atoms with Crippen molar-refractivity contribution in [3.63, 3.8) is 0 Å². The molecule has 3 rings (SSSR count). The SMILES string of the molecule is O=C(CCCCCNC(=O)C(=Cc1ccc(CS)cc1)c1ccc(F)cc1)Nc1ncc([N+](=O)[O-])s1. The van der Waals surface area contributed by atoms with E-state index in [4.69, 9.17) is 0 Å². The Kier molecular flexibility index (Phi) is 10.1. The maximum absolute atomic E-state index is 13.4. The van der Waals surface area contributed by atoms with E-state index in [9.17, 15) is 24.1 Å². The van der Waals surface area contributed by atoms with Crippen LogP contribution < -0.4 is 10.6 Å². The van der Waals surface area contributed by atoms with Crippen molar-refractivity contribution in [1.82, 2.24) is 10.3 Å². The van der Waals surface area contributed by atoms with Gasteiger partial charge < -0.3 is 10.6 Å². The molecule has 188 valence electrons. The summed E-state index contributed by atoms with van der Waals surface area (Å²) < 4.78 is 13.4. The van der Waals surface area contributed by atoms with E-state index >= 15 is 0 Å². The number of aromatic nitrogens is 1. The number of nitrogens with zero attached hydrogens (tertiary/aromatic N) is 2. The number of thiazole rings is 1. The highest BCUT2D eigenvalue weighted by Crippen LogP contribution is 2.25. The zero-order chi connectivity index (χ0) is 25.9. The molecule has 0 atom stereocenters. The van der Waals surface area contributed by atoms with Gasteiger partial charge in [0.05, 0.1) is 4.92 Å². The third-order valence-electron chi connectivity index (χ3n) is 5.16. The summed E-state index contributed by atoms with van der Waals surface area (Å²) in [5.74, 6) is -0.310. The minimum atomic E-state index is -0.558. The van der Waals surface area contributed by atoms with Crippen molar-refractivity contribution in [3.05, 3.63) is 87.3 Å². The van der Waals surface area contributed by atoms with Gasteiger partial charge in [-0.05, 0) is 59.1 Å². The zero-order valence-electron chi connectivity index (χ0n) is 19.3. The van der Waals surface area contributed by atoms with Crippen molar-refractivity contribution in [2.75, 3.05) is 11.9 Å². The number of carbonyl (C=O) groups excluding carboxylic acids is 2. The summed E-state index contributed by atoms with van der Waals surface area (Å²) in [5, 5.41) is 16.2. The number of rotatable bonds is 12. The van der Waals surface area contributed by atoms with Crippen LogP contribution in [0.3, 0.4) is 0 Å². The van der Waals surface area contributed by atoms with Gasteiger partial charge in [0.2, 0.25) is 5.91 Å². The van der Waals surface area contributed by atoms with Gasteiger partial charge in [-0.2, -0.15) is 12.6 Å². The molecule has 0 spiro atoms. The van der Waals surface area contributed by atoms with E-state index in [0.717, 1.165) is 28.7 Å². The summed E-state index contributed by atoms with van der Waals surface area (Å²) in [6.45, 7) is 0.413. The second kappa shape index (κ2) is 13.5. The molecule has 2 amide bonds. The molecule has 0 aliphatic rings. The van der Waals surface area contributed by atoms with Crippen molar-refractivity contribution in [1.29, 1.82) is 0 Å². The molecule has 0 unspecified atom stereocenters. The first kappa shape index (κ1) is 27.0. The monoisotopic (exact) mass is 528 g/mol. The number of benzene rings is 2. The van der Waals surface area contributed by atoms with Gasteiger partial charge in [0.1, 0.15) is 12.0 Å². The molecule has 2 aromatic carbocycles. The zero-order valence-corrected chi connectivity index (χ0v) is 21.0. The lowest BCUT2D eigenvalue weighted by molar-refractivity contribution is -0.380. The van der Waals surface area contributed by atoms with Crippen LogP contribution in [0.25, 0.3) is 11.6 Å². The largest absolute Gasteiger partial charge is 0.352 e. The number of nitro groups is 1. The summed E-state index contributed by atoms with van der Waals surface area (Å²) in [4.78, 5) is 38.9. The number of hydrogen-bond donors (Lipinski definition) is 3. The van der Waals surface area contributed by atoms with Crippen LogP contribution in [0.5, 0.6) is 0 Å². The first-order chi connectivity index (χ1) is 17.4. The predicted molar refractivity (Wildman–Crippen MR) is 142 cm³/mol. The number of thiol groups is 1. The van der Waals surface area contributed by atoms with Gasteiger partial charge >= 0.3 is 5.00 Å². The Bertz CT molecular complexity index is 1230. The quantitative estimate of drug-likeness (QED) is 0.0720. The molecule has 11 heteroatoms. The maximum atomic E-state index is 13.4. The van der Waals surface area contributed by atoms with Crippen LogP contribution >= 0.6 is 24.0 Å². The summed E-state index contributed by atoms with van der Waals surface area (Å²) in [6, 6.07) is 13.4. The molecule has 1 aromatic heterocycles. The van der Waals surface area contributed by atoms with E-state index in [0.29, 0.717) is 42.7 Å². The first-order valence-electron chi connectivity index (χ1n) is 11.2. The molecule has 3 aromatic rings. The predicted octanol–water partition coefficient (Wildman–Crippen LogP) is 5.48. The molecular formula is C25H25FN4O4S2. The van der Waals surface area contributed by atoms with Crippen molar-refractivity contribution in [3.8, 4) is 0 Å². The summed E-state index contributed by atoms with van der Waals surface area (Å²) in [6.07, 6.45) is 5.06. The van der Waals surface area contributed by atoms with Crippen LogP contribution in [-0.2, 0) is 15.3 Å². The number of unbranched alkanes of at least 4 members (excludes halogenated alkanes) is 2. The van der Waals surface area contributed by atoms with Gasteiger partial charge in [0, 0.05) is 24.3 Å². The Morgan fingerprint density at radius 1 is 1.08 bits per heavy atom. The Morgan fingerprint density at radius 2 is 1.81 bits per heavy atom. The molecule has 0 radical (unpaired) electrons. The summed E-state index contributed by atoms with van der Waals surface area (Å²) >= 11 is 5.06. The maximum Gasteiger partial charge on any atom is 0.345 e. The van der Waals surface area contributed by atoms with Gasteiger partial charge in [-0.3, -0.25) is 19.7 Å². The summed E-state index contributed by atoms with van der Waals surface area (Å²) in [7, 11) is 0. The van der Waals surface area contributed by atoms with Crippen LogP contribution in [0.1, 0.15) is 42.4 Å². The van der Waals surface area contributed by atoms with E-state index in [1.165, 1.54) is 12.1 Å². The molecular weight excluding hydrogens is 503 g/mol. The third kappa shape index (κ3) is 8.28. The average molecular weight is 529 g/mol. The molecule has 0 saturated carbocycles. The second-order valence-electron chi connectivity index (χ2n) is 7.84. The van der Waals surface area contributed by atoms with Gasteiger partial charge in [0.15, 0.2) is 5.13 Å². The molecule has 0 aliphatic heterocycles. The number of carbonyl (C=O) groups is 2. The Labute approximate surface area is 217 Å². The van der Waals surface area contributed by atoms with Crippen molar-refractivity contribution < 1.29 is 18.9 Å². The second-order valence-corrected chi connectivity index (χ2v) is 9.17. The number of halogens is 1.